The van der Waals surface area contributed by atoms with Gasteiger partial charge in [-0.1, -0.05) is 24.3 Å². The van der Waals surface area contributed by atoms with E-state index in [9.17, 15) is 24.6 Å². The van der Waals surface area contributed by atoms with Gasteiger partial charge >= 0.3 is 5.97 Å². The topological polar surface area (TPSA) is 116 Å². The van der Waals surface area contributed by atoms with Crippen molar-refractivity contribution in [3.8, 4) is 11.5 Å². The Morgan fingerprint density at radius 2 is 1.65 bits per heavy atom. The van der Waals surface area contributed by atoms with Crippen LogP contribution in [0.5, 0.6) is 11.5 Å². The minimum Gasteiger partial charge on any atom is -0.508 e. The number of benzene rings is 3. The number of fused-ring (bicyclic) bond motifs is 1. The normalized spacial score (nSPS) is 13.9. The summed E-state index contributed by atoms with van der Waals surface area (Å²) in [7, 11) is 0. The molecule has 8 heteroatoms. The molecule has 4 rings (SSSR count). The van der Waals surface area contributed by atoms with E-state index >= 15 is 0 Å². The number of hydrogen-bond acceptors (Lipinski definition) is 7. The molecule has 8 nitrogen and oxygen atoms in total. The molecule has 172 valence electrons. The first-order chi connectivity index (χ1) is 16.4. The van der Waals surface area contributed by atoms with Gasteiger partial charge in [0.25, 0.3) is 11.8 Å². The number of phenolic OH excluding ortho intramolecular Hbond substituents is 2. The van der Waals surface area contributed by atoms with Crippen LogP contribution in [0.1, 0.15) is 38.8 Å². The summed E-state index contributed by atoms with van der Waals surface area (Å²) >= 11 is 0. The summed E-state index contributed by atoms with van der Waals surface area (Å²) in [5, 5.41) is 19.2. The molecule has 0 saturated carbocycles. The molecule has 2 amide bonds. The Balaban J connectivity index is 1.54. The zero-order valence-corrected chi connectivity index (χ0v) is 18.3. The molecular weight excluding hydrogens is 436 g/mol. The third-order valence-electron chi connectivity index (χ3n) is 5.43. The predicted octanol–water partition coefficient (Wildman–Crippen LogP) is 3.62. The number of nitrogens with zero attached hydrogens (tertiary/aromatic N) is 2. The third kappa shape index (κ3) is 4.52. The van der Waals surface area contributed by atoms with Crippen LogP contribution < -0.4 is 0 Å². The van der Waals surface area contributed by atoms with Crippen LogP contribution in [0, 0.1) is 0 Å². The molecule has 1 heterocycles. The first kappa shape index (κ1) is 22.7. The van der Waals surface area contributed by atoms with E-state index in [1.165, 1.54) is 24.4 Å². The van der Waals surface area contributed by atoms with E-state index in [-0.39, 0.29) is 35.7 Å². The van der Waals surface area contributed by atoms with Gasteiger partial charge in [0.1, 0.15) is 17.5 Å². The Labute approximate surface area is 195 Å². The molecule has 0 spiro atoms. The van der Waals surface area contributed by atoms with Crippen molar-refractivity contribution in [1.29, 1.82) is 0 Å². The van der Waals surface area contributed by atoms with Crippen LogP contribution >= 0.6 is 0 Å². The number of ether oxygens (including phenoxy) is 1. The Bertz CT molecular complexity index is 1250. The Morgan fingerprint density at radius 3 is 2.24 bits per heavy atom. The van der Waals surface area contributed by atoms with Gasteiger partial charge in [-0.25, -0.2) is 4.79 Å². The summed E-state index contributed by atoms with van der Waals surface area (Å²) in [5.41, 5.74) is 2.27. The smallest absolute Gasteiger partial charge is 0.329 e. The third-order valence-corrected chi connectivity index (χ3v) is 5.43. The van der Waals surface area contributed by atoms with E-state index in [2.05, 4.69) is 4.99 Å². The first-order valence-corrected chi connectivity index (χ1v) is 10.7. The zero-order valence-electron chi connectivity index (χ0n) is 18.3. The summed E-state index contributed by atoms with van der Waals surface area (Å²) in [6.07, 6.45) is 1.55. The number of phenols is 2. The van der Waals surface area contributed by atoms with Crippen molar-refractivity contribution >= 4 is 29.7 Å². The second kappa shape index (κ2) is 9.58. The maximum Gasteiger partial charge on any atom is 0.329 e. The average Bonchev–Trinajstić information content (AvgIpc) is 3.08. The molecule has 0 aromatic heterocycles. The van der Waals surface area contributed by atoms with Crippen molar-refractivity contribution in [3.05, 3.63) is 89.0 Å². The summed E-state index contributed by atoms with van der Waals surface area (Å²) in [6, 6.07) is 16.5. The van der Waals surface area contributed by atoms with E-state index in [1.54, 1.807) is 55.5 Å². The monoisotopic (exact) mass is 458 g/mol. The molecule has 1 aliphatic rings. The van der Waals surface area contributed by atoms with E-state index in [4.69, 9.17) is 4.74 Å². The lowest BCUT2D eigenvalue weighted by Gasteiger charge is -2.24. The molecule has 0 radical (unpaired) electrons. The molecule has 0 bridgehead atoms. The van der Waals surface area contributed by atoms with Crippen LogP contribution in [-0.2, 0) is 16.0 Å². The number of carbonyl (C=O) groups excluding carboxylic acids is 3. The largest absolute Gasteiger partial charge is 0.508 e. The molecule has 1 atom stereocenters. The summed E-state index contributed by atoms with van der Waals surface area (Å²) < 4.78 is 5.16. The Kier molecular flexibility index (Phi) is 6.40. The molecule has 3 aromatic rings. The molecule has 3 aromatic carbocycles. The average molecular weight is 458 g/mol. The molecule has 0 saturated heterocycles. The van der Waals surface area contributed by atoms with E-state index in [0.717, 1.165) is 4.90 Å². The predicted molar refractivity (Wildman–Crippen MR) is 125 cm³/mol. The van der Waals surface area contributed by atoms with Crippen LogP contribution in [0.25, 0.3) is 0 Å². The van der Waals surface area contributed by atoms with Crippen LogP contribution in [-0.4, -0.2) is 51.8 Å². The van der Waals surface area contributed by atoms with Crippen molar-refractivity contribution < 1.29 is 29.3 Å². The number of imide groups is 1. The fourth-order valence-electron chi connectivity index (χ4n) is 3.74. The maximum atomic E-state index is 12.9. The second-order valence-electron chi connectivity index (χ2n) is 7.67. The highest BCUT2D eigenvalue weighted by atomic mass is 16.5. The summed E-state index contributed by atoms with van der Waals surface area (Å²) in [4.78, 5) is 43.8. The van der Waals surface area contributed by atoms with Crippen molar-refractivity contribution in [3.63, 3.8) is 0 Å². The minimum atomic E-state index is -1.10. The van der Waals surface area contributed by atoms with Gasteiger partial charge in [-0.2, -0.15) is 0 Å². The van der Waals surface area contributed by atoms with Crippen LogP contribution in [0.4, 0.5) is 5.69 Å². The van der Waals surface area contributed by atoms with Crippen molar-refractivity contribution in [2.24, 2.45) is 4.99 Å². The number of hydrogen-bond donors (Lipinski definition) is 2. The number of esters is 1. The first-order valence-electron chi connectivity index (χ1n) is 10.7. The maximum absolute atomic E-state index is 12.9. The Morgan fingerprint density at radius 1 is 1.00 bits per heavy atom. The van der Waals surface area contributed by atoms with Gasteiger partial charge in [-0.05, 0) is 48.9 Å². The van der Waals surface area contributed by atoms with Crippen molar-refractivity contribution in [2.45, 2.75) is 19.4 Å². The summed E-state index contributed by atoms with van der Waals surface area (Å²) in [5.74, 6) is -1.84. The minimum absolute atomic E-state index is 0.0479. The highest BCUT2D eigenvalue weighted by Gasteiger charge is 2.43. The molecular formula is C26H22N2O6. The fraction of sp³-hybridized carbons (Fsp3) is 0.154. The second-order valence-corrected chi connectivity index (χ2v) is 7.67. The summed E-state index contributed by atoms with van der Waals surface area (Å²) in [6.45, 7) is 1.78. The van der Waals surface area contributed by atoms with Gasteiger partial charge in [-0.15, -0.1) is 0 Å². The highest BCUT2D eigenvalue weighted by Crippen LogP contribution is 2.27. The van der Waals surface area contributed by atoms with Gasteiger partial charge in [0, 0.05) is 24.3 Å². The number of rotatable bonds is 7. The van der Waals surface area contributed by atoms with Crippen LogP contribution in [0.2, 0.25) is 0 Å². The van der Waals surface area contributed by atoms with E-state index in [0.29, 0.717) is 16.8 Å². The number of aromatic hydroxyl groups is 2. The lowest BCUT2D eigenvalue weighted by Crippen LogP contribution is -2.47. The zero-order chi connectivity index (χ0) is 24.2. The van der Waals surface area contributed by atoms with Crippen LogP contribution in [0.3, 0.4) is 0 Å². The number of amides is 2. The van der Waals surface area contributed by atoms with Crippen molar-refractivity contribution in [2.75, 3.05) is 6.61 Å². The lowest BCUT2D eigenvalue weighted by molar-refractivity contribution is -0.147. The SMILES string of the molecule is CCOC(=O)C(Cc1ccc(N=Cc2ccc(O)cc2O)cc1)N1C(=O)c2ccccc2C1=O. The van der Waals surface area contributed by atoms with Crippen molar-refractivity contribution in [1.82, 2.24) is 4.90 Å². The van der Waals surface area contributed by atoms with Gasteiger partial charge < -0.3 is 14.9 Å². The standard InChI is InChI=1S/C26H22N2O6/c1-2-34-26(33)22(28-24(31)20-5-3-4-6-21(20)25(28)32)13-16-7-10-18(11-8-16)27-15-17-9-12-19(29)14-23(17)30/h3-12,14-15,22,29-30H,2,13H2,1H3. The molecule has 0 fully saturated rings. The van der Waals surface area contributed by atoms with Gasteiger partial charge in [0.05, 0.1) is 23.4 Å². The van der Waals surface area contributed by atoms with Gasteiger partial charge in [0.2, 0.25) is 0 Å². The molecule has 0 aliphatic carbocycles. The van der Waals surface area contributed by atoms with E-state index in [1.807, 2.05) is 0 Å². The quantitative estimate of drug-likeness (QED) is 0.317. The van der Waals surface area contributed by atoms with E-state index < -0.39 is 23.8 Å². The molecule has 1 unspecified atom stereocenters. The van der Waals surface area contributed by atoms with Gasteiger partial charge in [0.15, 0.2) is 0 Å². The lowest BCUT2D eigenvalue weighted by atomic mass is 10.0. The molecule has 34 heavy (non-hydrogen) atoms. The molecule has 1 aliphatic heterocycles. The Hall–Kier alpha value is -4.46. The number of carbonyl (C=O) groups is 3. The molecule has 2 N–H and O–H groups in total. The number of aliphatic imine (C=N–C) groups is 1. The van der Waals surface area contributed by atoms with Crippen LogP contribution in [0.15, 0.2) is 71.7 Å². The van der Waals surface area contributed by atoms with Gasteiger partial charge in [-0.3, -0.25) is 19.5 Å². The highest BCUT2D eigenvalue weighted by molar-refractivity contribution is 6.22. The fourth-order valence-corrected chi connectivity index (χ4v) is 3.74.